The van der Waals surface area contributed by atoms with E-state index < -0.39 is 0 Å². The van der Waals surface area contributed by atoms with Crippen molar-refractivity contribution in [2.75, 3.05) is 18.1 Å². The van der Waals surface area contributed by atoms with Crippen LogP contribution < -0.4 is 9.64 Å². The standard InChI is InChI=1S/C14H13FN2O/c15-12-5-3-7-16-14(12)17-8-9-18-13-6-2-1-4-11(13)10-17/h1-7H,8-10H2. The third-order valence-electron chi connectivity index (χ3n) is 2.99. The minimum atomic E-state index is -0.295. The van der Waals surface area contributed by atoms with Crippen molar-refractivity contribution in [1.82, 2.24) is 4.98 Å². The minimum Gasteiger partial charge on any atom is -0.491 e. The fourth-order valence-corrected chi connectivity index (χ4v) is 2.12. The smallest absolute Gasteiger partial charge is 0.165 e. The first-order chi connectivity index (χ1) is 8.84. The highest BCUT2D eigenvalue weighted by Gasteiger charge is 2.18. The lowest BCUT2D eigenvalue weighted by molar-refractivity contribution is 0.331. The highest BCUT2D eigenvalue weighted by molar-refractivity contribution is 5.44. The van der Waals surface area contributed by atoms with Crippen LogP contribution in [0.15, 0.2) is 42.6 Å². The lowest BCUT2D eigenvalue weighted by atomic mass is 10.2. The molecule has 1 aromatic heterocycles. The van der Waals surface area contributed by atoms with E-state index >= 15 is 0 Å². The Morgan fingerprint density at radius 3 is 2.94 bits per heavy atom. The van der Waals surface area contributed by atoms with Gasteiger partial charge in [-0.15, -0.1) is 0 Å². The number of benzene rings is 1. The normalized spacial score (nSPS) is 14.6. The van der Waals surface area contributed by atoms with Gasteiger partial charge >= 0.3 is 0 Å². The van der Waals surface area contributed by atoms with Crippen LogP contribution >= 0.6 is 0 Å². The minimum absolute atomic E-state index is 0.295. The lowest BCUT2D eigenvalue weighted by Gasteiger charge is -2.21. The van der Waals surface area contributed by atoms with Crippen molar-refractivity contribution in [3.05, 3.63) is 54.0 Å². The summed E-state index contributed by atoms with van der Waals surface area (Å²) < 4.78 is 19.4. The summed E-state index contributed by atoms with van der Waals surface area (Å²) in [7, 11) is 0. The topological polar surface area (TPSA) is 25.4 Å². The van der Waals surface area contributed by atoms with Crippen LogP contribution in [0.25, 0.3) is 0 Å². The number of rotatable bonds is 1. The van der Waals surface area contributed by atoms with E-state index in [4.69, 9.17) is 4.74 Å². The molecule has 3 rings (SSSR count). The molecule has 0 N–H and O–H groups in total. The predicted octanol–water partition coefficient (Wildman–Crippen LogP) is 2.62. The van der Waals surface area contributed by atoms with Gasteiger partial charge in [0.15, 0.2) is 11.6 Å². The van der Waals surface area contributed by atoms with Gasteiger partial charge in [-0.2, -0.15) is 0 Å². The summed E-state index contributed by atoms with van der Waals surface area (Å²) >= 11 is 0. The Hall–Kier alpha value is -2.10. The summed E-state index contributed by atoms with van der Waals surface area (Å²) in [6.45, 7) is 1.78. The van der Waals surface area contributed by atoms with E-state index in [1.165, 1.54) is 6.07 Å². The van der Waals surface area contributed by atoms with Crippen molar-refractivity contribution in [1.29, 1.82) is 0 Å². The molecule has 0 unspecified atom stereocenters. The second-order valence-electron chi connectivity index (χ2n) is 4.19. The molecule has 18 heavy (non-hydrogen) atoms. The number of ether oxygens (including phenoxy) is 1. The largest absolute Gasteiger partial charge is 0.491 e. The van der Waals surface area contributed by atoms with Gasteiger partial charge in [-0.05, 0) is 18.2 Å². The van der Waals surface area contributed by atoms with Crippen LogP contribution in [0, 0.1) is 5.82 Å². The Labute approximate surface area is 105 Å². The van der Waals surface area contributed by atoms with Gasteiger partial charge in [-0.25, -0.2) is 9.37 Å². The zero-order valence-electron chi connectivity index (χ0n) is 9.84. The number of hydrogen-bond donors (Lipinski definition) is 0. The van der Waals surface area contributed by atoms with Gasteiger partial charge in [0.25, 0.3) is 0 Å². The molecular formula is C14H13FN2O. The third kappa shape index (κ3) is 2.01. The Bertz CT molecular complexity index is 559. The van der Waals surface area contributed by atoms with Crippen molar-refractivity contribution < 1.29 is 9.13 Å². The summed E-state index contributed by atoms with van der Waals surface area (Å²) in [5.74, 6) is 0.964. The molecular weight excluding hydrogens is 231 g/mol. The molecule has 1 aliphatic heterocycles. The van der Waals surface area contributed by atoms with Gasteiger partial charge in [-0.3, -0.25) is 0 Å². The van der Waals surface area contributed by atoms with Crippen LogP contribution in [0.1, 0.15) is 5.56 Å². The maximum Gasteiger partial charge on any atom is 0.165 e. The summed E-state index contributed by atoms with van der Waals surface area (Å²) in [6.07, 6.45) is 1.61. The molecule has 2 heterocycles. The number of fused-ring (bicyclic) bond motifs is 1. The second kappa shape index (κ2) is 4.64. The van der Waals surface area contributed by atoms with E-state index in [0.717, 1.165) is 11.3 Å². The number of anilines is 1. The van der Waals surface area contributed by atoms with E-state index in [1.807, 2.05) is 29.2 Å². The van der Waals surface area contributed by atoms with Crippen LogP contribution in [-0.2, 0) is 6.54 Å². The average Bonchev–Trinajstić information content (AvgIpc) is 2.61. The van der Waals surface area contributed by atoms with Gasteiger partial charge in [-0.1, -0.05) is 18.2 Å². The fourth-order valence-electron chi connectivity index (χ4n) is 2.12. The molecule has 0 saturated carbocycles. The monoisotopic (exact) mass is 244 g/mol. The number of halogens is 1. The Morgan fingerprint density at radius 2 is 2.06 bits per heavy atom. The summed E-state index contributed by atoms with van der Waals surface area (Å²) in [6, 6.07) is 10.9. The van der Waals surface area contributed by atoms with E-state index in [9.17, 15) is 4.39 Å². The molecule has 0 fully saturated rings. The molecule has 0 radical (unpaired) electrons. The Kier molecular flexibility index (Phi) is 2.84. The summed E-state index contributed by atoms with van der Waals surface area (Å²) in [5.41, 5.74) is 1.06. The van der Waals surface area contributed by atoms with Crippen molar-refractivity contribution in [2.24, 2.45) is 0 Å². The molecule has 0 spiro atoms. The molecule has 2 aromatic rings. The van der Waals surface area contributed by atoms with Crippen molar-refractivity contribution in [2.45, 2.75) is 6.54 Å². The van der Waals surface area contributed by atoms with Crippen LogP contribution in [0.5, 0.6) is 5.75 Å². The molecule has 0 bridgehead atoms. The van der Waals surface area contributed by atoms with E-state index in [-0.39, 0.29) is 5.82 Å². The van der Waals surface area contributed by atoms with Crippen molar-refractivity contribution >= 4 is 5.82 Å². The maximum absolute atomic E-state index is 13.7. The molecule has 0 aliphatic carbocycles. The fraction of sp³-hybridized carbons (Fsp3) is 0.214. The zero-order valence-corrected chi connectivity index (χ0v) is 9.84. The molecule has 3 nitrogen and oxygen atoms in total. The molecule has 4 heteroatoms. The molecule has 92 valence electrons. The highest BCUT2D eigenvalue weighted by Crippen LogP contribution is 2.25. The van der Waals surface area contributed by atoms with E-state index in [0.29, 0.717) is 25.5 Å². The SMILES string of the molecule is Fc1cccnc1N1CCOc2ccccc2C1. The van der Waals surface area contributed by atoms with Crippen LogP contribution in [0.3, 0.4) is 0 Å². The first kappa shape index (κ1) is 11.0. The number of nitrogens with zero attached hydrogens (tertiary/aromatic N) is 2. The predicted molar refractivity (Wildman–Crippen MR) is 67.2 cm³/mol. The number of pyridine rings is 1. The molecule has 0 saturated heterocycles. The van der Waals surface area contributed by atoms with Crippen LogP contribution in [0.2, 0.25) is 0 Å². The van der Waals surface area contributed by atoms with Gasteiger partial charge < -0.3 is 9.64 Å². The first-order valence-electron chi connectivity index (χ1n) is 5.91. The van der Waals surface area contributed by atoms with Crippen LogP contribution in [-0.4, -0.2) is 18.1 Å². The first-order valence-corrected chi connectivity index (χ1v) is 5.91. The number of hydrogen-bond acceptors (Lipinski definition) is 3. The lowest BCUT2D eigenvalue weighted by Crippen LogP contribution is -2.27. The maximum atomic E-state index is 13.7. The van der Waals surface area contributed by atoms with Gasteiger partial charge in [0, 0.05) is 18.3 Å². The third-order valence-corrected chi connectivity index (χ3v) is 2.99. The van der Waals surface area contributed by atoms with Crippen molar-refractivity contribution in [3.8, 4) is 5.75 Å². The van der Waals surface area contributed by atoms with Gasteiger partial charge in [0.1, 0.15) is 12.4 Å². The quantitative estimate of drug-likeness (QED) is 0.771. The molecule has 0 atom stereocenters. The average molecular weight is 244 g/mol. The Balaban J connectivity index is 1.94. The summed E-state index contributed by atoms with van der Waals surface area (Å²) in [5, 5.41) is 0. The van der Waals surface area contributed by atoms with E-state index in [2.05, 4.69) is 4.98 Å². The van der Waals surface area contributed by atoms with Gasteiger partial charge in [0.2, 0.25) is 0 Å². The molecule has 1 aromatic carbocycles. The number of para-hydroxylation sites is 1. The van der Waals surface area contributed by atoms with Gasteiger partial charge in [0.05, 0.1) is 6.54 Å². The molecule has 0 amide bonds. The van der Waals surface area contributed by atoms with Crippen LogP contribution in [0.4, 0.5) is 10.2 Å². The Morgan fingerprint density at radius 1 is 1.17 bits per heavy atom. The number of aromatic nitrogens is 1. The second-order valence-corrected chi connectivity index (χ2v) is 4.19. The highest BCUT2D eigenvalue weighted by atomic mass is 19.1. The van der Waals surface area contributed by atoms with E-state index in [1.54, 1.807) is 12.3 Å². The van der Waals surface area contributed by atoms with Crippen molar-refractivity contribution in [3.63, 3.8) is 0 Å². The zero-order chi connectivity index (χ0) is 12.4. The summed E-state index contributed by atoms with van der Waals surface area (Å²) in [4.78, 5) is 6.02. The molecule has 1 aliphatic rings.